The monoisotopic (exact) mass is 639 g/mol. The highest BCUT2D eigenvalue weighted by molar-refractivity contribution is 7.13. The van der Waals surface area contributed by atoms with Crippen LogP contribution < -0.4 is 10.1 Å². The third kappa shape index (κ3) is 5.62. The van der Waals surface area contributed by atoms with Gasteiger partial charge in [0.2, 0.25) is 0 Å². The lowest BCUT2D eigenvalue weighted by Gasteiger charge is -2.16. The van der Waals surface area contributed by atoms with E-state index in [4.69, 9.17) is 33.0 Å². The van der Waals surface area contributed by atoms with Crippen LogP contribution in [0.1, 0.15) is 30.3 Å². The summed E-state index contributed by atoms with van der Waals surface area (Å²) < 4.78 is 23.5. The van der Waals surface area contributed by atoms with Crippen LogP contribution in [0.2, 0.25) is 10.0 Å². The summed E-state index contributed by atoms with van der Waals surface area (Å²) in [5, 5.41) is 11.2. The maximum atomic E-state index is 14.3. The van der Waals surface area contributed by atoms with Crippen molar-refractivity contribution in [1.29, 1.82) is 0 Å². The molecule has 3 aromatic heterocycles. The van der Waals surface area contributed by atoms with Gasteiger partial charge in [0.05, 0.1) is 28.6 Å². The number of ether oxygens (including phenoxy) is 1. The summed E-state index contributed by atoms with van der Waals surface area (Å²) in [6.07, 6.45) is 6.50. The number of nitrogens with zero attached hydrogens (tertiary/aromatic N) is 6. The molecule has 43 heavy (non-hydrogen) atoms. The van der Waals surface area contributed by atoms with Crippen molar-refractivity contribution in [3.63, 3.8) is 0 Å². The highest BCUT2D eigenvalue weighted by atomic mass is 35.5. The van der Waals surface area contributed by atoms with Crippen LogP contribution in [0.5, 0.6) is 5.75 Å². The van der Waals surface area contributed by atoms with Crippen LogP contribution in [0, 0.1) is 0 Å². The summed E-state index contributed by atoms with van der Waals surface area (Å²) in [5.74, 6) is 0.382. The third-order valence-corrected chi connectivity index (χ3v) is 9.35. The van der Waals surface area contributed by atoms with Crippen molar-refractivity contribution in [2.75, 3.05) is 31.6 Å². The zero-order valence-corrected chi connectivity index (χ0v) is 25.4. The van der Waals surface area contributed by atoms with E-state index in [0.717, 1.165) is 30.9 Å². The molecule has 222 valence electrons. The summed E-state index contributed by atoms with van der Waals surface area (Å²) in [6.45, 7) is 4.03. The number of thiazole rings is 1. The van der Waals surface area contributed by atoms with Gasteiger partial charge in [-0.2, -0.15) is 5.10 Å². The molecule has 9 nitrogen and oxygen atoms in total. The van der Waals surface area contributed by atoms with Gasteiger partial charge in [-0.15, -0.1) is 11.3 Å². The van der Waals surface area contributed by atoms with E-state index in [1.807, 2.05) is 24.3 Å². The molecule has 7 rings (SSSR count). The SMILES string of the molecule is O=C(Nc1nccs1)C(c1ncn2c1CC(F)C2)n1cc2c(Cl)cc(-c3ccc(OCCN4CCCC4)cc3)c(Cl)c2n1. The first-order valence-corrected chi connectivity index (χ1v) is 15.8. The molecule has 2 unspecified atom stereocenters. The average molecular weight is 641 g/mol. The van der Waals surface area contributed by atoms with Gasteiger partial charge in [0, 0.05) is 47.4 Å². The van der Waals surface area contributed by atoms with Gasteiger partial charge in [0.1, 0.15) is 24.0 Å². The van der Waals surface area contributed by atoms with Crippen LogP contribution in [-0.4, -0.2) is 67.5 Å². The first-order valence-electron chi connectivity index (χ1n) is 14.2. The quantitative estimate of drug-likeness (QED) is 0.205. The second kappa shape index (κ2) is 11.9. The lowest BCUT2D eigenvalue weighted by Crippen LogP contribution is -2.28. The van der Waals surface area contributed by atoms with Crippen LogP contribution in [-0.2, 0) is 17.8 Å². The maximum absolute atomic E-state index is 14.3. The average Bonchev–Trinajstić information content (AvgIpc) is 3.83. The Hall–Kier alpha value is -3.51. The van der Waals surface area contributed by atoms with Crippen LogP contribution in [0.15, 0.2) is 54.4 Å². The molecular formula is C30H28Cl2FN7O2S. The number of rotatable bonds is 9. The van der Waals surface area contributed by atoms with E-state index in [0.29, 0.717) is 49.6 Å². The summed E-state index contributed by atoms with van der Waals surface area (Å²) in [7, 11) is 0. The molecule has 0 saturated carbocycles. The normalized spacial score (nSPS) is 17.4. The van der Waals surface area contributed by atoms with Crippen molar-refractivity contribution in [2.24, 2.45) is 0 Å². The molecule has 1 amide bonds. The smallest absolute Gasteiger partial charge is 0.257 e. The minimum absolute atomic E-state index is 0.167. The number of anilines is 1. The van der Waals surface area contributed by atoms with Gasteiger partial charge in [0.25, 0.3) is 5.91 Å². The Balaban J connectivity index is 1.20. The van der Waals surface area contributed by atoms with Crippen molar-refractivity contribution in [3.8, 4) is 16.9 Å². The number of nitrogens with one attached hydrogen (secondary N) is 1. The van der Waals surface area contributed by atoms with Crippen LogP contribution >= 0.6 is 34.5 Å². The van der Waals surface area contributed by atoms with Crippen LogP contribution in [0.3, 0.4) is 0 Å². The number of aromatic nitrogens is 5. The molecule has 2 aliphatic heterocycles. The fourth-order valence-electron chi connectivity index (χ4n) is 5.84. The number of carbonyl (C=O) groups excluding carboxylic acids is 1. The fourth-order valence-corrected chi connectivity index (χ4v) is 6.93. The predicted octanol–water partition coefficient (Wildman–Crippen LogP) is 6.26. The van der Waals surface area contributed by atoms with Crippen molar-refractivity contribution >= 4 is 56.5 Å². The van der Waals surface area contributed by atoms with Gasteiger partial charge in [0.15, 0.2) is 11.2 Å². The number of carbonyl (C=O) groups is 1. The first-order chi connectivity index (χ1) is 20.9. The Morgan fingerprint density at radius 2 is 2.00 bits per heavy atom. The van der Waals surface area contributed by atoms with E-state index >= 15 is 0 Å². The Bertz CT molecular complexity index is 1770. The number of halogens is 3. The van der Waals surface area contributed by atoms with Crippen molar-refractivity contribution in [3.05, 3.63) is 75.9 Å². The zero-order valence-electron chi connectivity index (χ0n) is 23.0. The number of hydrogen-bond donors (Lipinski definition) is 1. The summed E-state index contributed by atoms with van der Waals surface area (Å²) in [6, 6.07) is 8.53. The van der Waals surface area contributed by atoms with E-state index in [1.165, 1.54) is 28.9 Å². The topological polar surface area (TPSA) is 90.1 Å². The number of amides is 1. The molecule has 2 aliphatic rings. The largest absolute Gasteiger partial charge is 0.492 e. The molecule has 1 fully saturated rings. The molecule has 5 heterocycles. The molecule has 0 spiro atoms. The first kappa shape index (κ1) is 28.3. The number of likely N-dealkylation sites (tertiary alicyclic amines) is 1. The molecule has 5 aromatic rings. The minimum Gasteiger partial charge on any atom is -0.492 e. The molecule has 0 bridgehead atoms. The molecule has 1 saturated heterocycles. The molecule has 0 radical (unpaired) electrons. The molecule has 2 atom stereocenters. The predicted molar refractivity (Wildman–Crippen MR) is 166 cm³/mol. The highest BCUT2D eigenvalue weighted by Crippen LogP contribution is 2.40. The molecule has 0 aliphatic carbocycles. The van der Waals surface area contributed by atoms with Gasteiger partial charge < -0.3 is 9.30 Å². The van der Waals surface area contributed by atoms with Gasteiger partial charge in [-0.25, -0.2) is 14.4 Å². The van der Waals surface area contributed by atoms with Gasteiger partial charge >= 0.3 is 0 Å². The van der Waals surface area contributed by atoms with E-state index in [2.05, 4.69) is 20.2 Å². The number of imidazole rings is 1. The maximum Gasteiger partial charge on any atom is 0.257 e. The van der Waals surface area contributed by atoms with Crippen LogP contribution in [0.4, 0.5) is 9.52 Å². The van der Waals surface area contributed by atoms with Crippen molar-refractivity contribution in [2.45, 2.75) is 38.0 Å². The van der Waals surface area contributed by atoms with E-state index < -0.39 is 18.1 Å². The second-order valence-electron chi connectivity index (χ2n) is 10.8. The summed E-state index contributed by atoms with van der Waals surface area (Å²) in [4.78, 5) is 24.8. The number of alkyl halides is 1. The van der Waals surface area contributed by atoms with Crippen LogP contribution in [0.25, 0.3) is 22.0 Å². The Morgan fingerprint density at radius 1 is 1.19 bits per heavy atom. The number of benzene rings is 2. The molecular weight excluding hydrogens is 612 g/mol. The lowest BCUT2D eigenvalue weighted by molar-refractivity contribution is -0.118. The summed E-state index contributed by atoms with van der Waals surface area (Å²) >= 11 is 15.0. The fraction of sp³-hybridized carbons (Fsp3) is 0.333. The zero-order chi connectivity index (χ0) is 29.5. The van der Waals surface area contributed by atoms with Gasteiger partial charge in [-0.1, -0.05) is 35.3 Å². The minimum atomic E-state index is -1.04. The van der Waals surface area contributed by atoms with Gasteiger partial charge in [-0.05, 0) is 49.7 Å². The standard InChI is InChI=1S/C30H28Cl2FN7O2S/c31-23-14-21(18-3-5-20(6-4-18)42-11-10-38-8-1-2-9-38)25(32)26-22(23)16-40(37-26)28(29(41)36-30-34-7-12-43-30)27-24-13-19(33)15-39(24)17-35-27/h3-7,12,14,16-17,19,28H,1-2,8-11,13,15H2,(H,34,36,41). The Morgan fingerprint density at radius 3 is 2.77 bits per heavy atom. The molecule has 2 aromatic carbocycles. The van der Waals surface area contributed by atoms with Crippen molar-refractivity contribution < 1.29 is 13.9 Å². The molecule has 1 N–H and O–H groups in total. The van der Waals surface area contributed by atoms with E-state index in [9.17, 15) is 9.18 Å². The third-order valence-electron chi connectivity index (χ3n) is 7.97. The highest BCUT2D eigenvalue weighted by Gasteiger charge is 2.34. The summed E-state index contributed by atoms with van der Waals surface area (Å²) in [5.41, 5.74) is 3.09. The second-order valence-corrected chi connectivity index (χ2v) is 12.5. The number of fused-ring (bicyclic) bond motifs is 2. The Kier molecular flexibility index (Phi) is 7.81. The Labute approximate surface area is 261 Å². The van der Waals surface area contributed by atoms with Gasteiger partial charge in [-0.3, -0.25) is 19.7 Å². The number of hydrogen-bond acceptors (Lipinski definition) is 7. The van der Waals surface area contributed by atoms with E-state index in [-0.39, 0.29) is 13.0 Å². The molecule has 13 heteroatoms. The lowest BCUT2D eigenvalue weighted by atomic mass is 10.0. The van der Waals surface area contributed by atoms with Crippen molar-refractivity contribution in [1.82, 2.24) is 29.2 Å². The van der Waals surface area contributed by atoms with E-state index in [1.54, 1.807) is 34.7 Å².